The number of hydrogen-bond acceptors (Lipinski definition) is 2. The predicted molar refractivity (Wildman–Crippen MR) is 106 cm³/mol. The van der Waals surface area contributed by atoms with Crippen LogP contribution in [0.3, 0.4) is 0 Å². The van der Waals surface area contributed by atoms with Crippen molar-refractivity contribution in [3.05, 3.63) is 45.9 Å². The van der Waals surface area contributed by atoms with Crippen LogP contribution < -0.4 is 0 Å². The topological polar surface area (TPSA) is 18.5 Å². The van der Waals surface area contributed by atoms with Crippen molar-refractivity contribution in [1.29, 1.82) is 0 Å². The van der Waals surface area contributed by atoms with E-state index in [1.165, 1.54) is 9.14 Å². The standard InChI is InChI=1S/C14H12Br2I2O2/c1-19-14(20-2)6-5-11(17)9(7-14)8-3-4-10(15)12(16)13(8)18/h3-5,7H,6H2,1-2H3. The summed E-state index contributed by atoms with van der Waals surface area (Å²) in [6.45, 7) is 0. The van der Waals surface area contributed by atoms with E-state index in [4.69, 9.17) is 9.47 Å². The van der Waals surface area contributed by atoms with E-state index in [0.717, 1.165) is 24.5 Å². The highest BCUT2D eigenvalue weighted by atomic mass is 127. The van der Waals surface area contributed by atoms with E-state index in [9.17, 15) is 0 Å². The summed E-state index contributed by atoms with van der Waals surface area (Å²) in [5.74, 6) is -0.674. The van der Waals surface area contributed by atoms with Crippen molar-refractivity contribution in [2.75, 3.05) is 14.2 Å². The van der Waals surface area contributed by atoms with E-state index in [2.05, 4.69) is 95.3 Å². The number of halogens is 4. The van der Waals surface area contributed by atoms with Crippen molar-refractivity contribution >= 4 is 82.6 Å². The summed E-state index contributed by atoms with van der Waals surface area (Å²) in [4.78, 5) is 0. The molecule has 0 amide bonds. The van der Waals surface area contributed by atoms with Crippen molar-refractivity contribution in [1.82, 2.24) is 0 Å². The second kappa shape index (κ2) is 7.08. The van der Waals surface area contributed by atoms with Gasteiger partial charge in [0.1, 0.15) is 0 Å². The second-order valence-corrected chi connectivity index (χ2v) is 8.15. The third-order valence-corrected chi connectivity index (χ3v) is 8.10. The first-order chi connectivity index (χ1) is 9.44. The minimum atomic E-state index is -0.674. The van der Waals surface area contributed by atoms with E-state index in [0.29, 0.717) is 0 Å². The largest absolute Gasteiger partial charge is 0.349 e. The Kier molecular flexibility index (Phi) is 6.16. The Bertz CT molecular complexity index is 593. The van der Waals surface area contributed by atoms with Crippen LogP contribution in [0.5, 0.6) is 0 Å². The van der Waals surface area contributed by atoms with Gasteiger partial charge in [0.05, 0.1) is 0 Å². The molecule has 0 radical (unpaired) electrons. The molecule has 0 saturated carbocycles. The number of ether oxygens (including phenoxy) is 2. The molecule has 1 aromatic carbocycles. The average Bonchev–Trinajstić information content (AvgIpc) is 2.47. The lowest BCUT2D eigenvalue weighted by Gasteiger charge is -2.31. The summed E-state index contributed by atoms with van der Waals surface area (Å²) in [7, 11) is 3.35. The minimum absolute atomic E-state index is 0.674. The van der Waals surface area contributed by atoms with Crippen LogP contribution in [0.15, 0.2) is 36.8 Å². The molecule has 2 nitrogen and oxygen atoms in total. The zero-order chi connectivity index (χ0) is 14.9. The van der Waals surface area contributed by atoms with E-state index in [1.807, 2.05) is 6.07 Å². The Morgan fingerprint density at radius 3 is 2.40 bits per heavy atom. The fourth-order valence-corrected chi connectivity index (χ4v) is 4.47. The van der Waals surface area contributed by atoms with Crippen LogP contribution in [0.2, 0.25) is 0 Å². The van der Waals surface area contributed by atoms with Crippen LogP contribution in [0.4, 0.5) is 0 Å². The van der Waals surface area contributed by atoms with Crippen LogP contribution >= 0.6 is 77.0 Å². The van der Waals surface area contributed by atoms with Gasteiger partial charge in [-0.05, 0) is 100 Å². The maximum atomic E-state index is 5.55. The normalized spacial score (nSPS) is 17.7. The van der Waals surface area contributed by atoms with Gasteiger partial charge in [0, 0.05) is 36.7 Å². The first-order valence-corrected chi connectivity index (χ1v) is 9.51. The fraction of sp³-hybridized carbons (Fsp3) is 0.286. The van der Waals surface area contributed by atoms with Crippen molar-refractivity contribution < 1.29 is 9.47 Å². The SMILES string of the molecule is COC1(OC)C=C(c2ccc(Br)c(Br)c2I)C(I)=CC1. The van der Waals surface area contributed by atoms with Crippen molar-refractivity contribution in [2.24, 2.45) is 0 Å². The number of rotatable bonds is 3. The van der Waals surface area contributed by atoms with Gasteiger partial charge in [-0.1, -0.05) is 12.1 Å². The molecular weight excluding hydrogens is 614 g/mol. The molecular formula is C14H12Br2I2O2. The number of hydrogen-bond donors (Lipinski definition) is 0. The molecule has 0 spiro atoms. The van der Waals surface area contributed by atoms with E-state index < -0.39 is 5.79 Å². The van der Waals surface area contributed by atoms with Crippen LogP contribution in [0.1, 0.15) is 12.0 Å². The van der Waals surface area contributed by atoms with E-state index in [-0.39, 0.29) is 0 Å². The maximum Gasteiger partial charge on any atom is 0.191 e. The Morgan fingerprint density at radius 1 is 1.15 bits per heavy atom. The predicted octanol–water partition coefficient (Wildman–Crippen LogP) is 5.91. The van der Waals surface area contributed by atoms with Gasteiger partial charge in [-0.2, -0.15) is 0 Å². The first kappa shape index (κ1) is 17.4. The third kappa shape index (κ3) is 3.34. The maximum absolute atomic E-state index is 5.55. The highest BCUT2D eigenvalue weighted by Gasteiger charge is 2.31. The van der Waals surface area contributed by atoms with Crippen molar-refractivity contribution in [3.63, 3.8) is 0 Å². The molecule has 6 heteroatoms. The molecule has 0 heterocycles. The lowest BCUT2D eigenvalue weighted by Crippen LogP contribution is -2.32. The monoisotopic (exact) mass is 624 g/mol. The minimum Gasteiger partial charge on any atom is -0.349 e. The Balaban J connectivity index is 2.58. The van der Waals surface area contributed by atoms with Crippen molar-refractivity contribution in [2.45, 2.75) is 12.2 Å². The lowest BCUT2D eigenvalue weighted by molar-refractivity contribution is -0.167. The molecule has 108 valence electrons. The zero-order valence-corrected chi connectivity index (χ0v) is 18.3. The van der Waals surface area contributed by atoms with Gasteiger partial charge >= 0.3 is 0 Å². The van der Waals surface area contributed by atoms with Gasteiger partial charge in [0.25, 0.3) is 0 Å². The number of allylic oxidation sites excluding steroid dienone is 2. The van der Waals surface area contributed by atoms with Crippen LogP contribution in [0, 0.1) is 3.57 Å². The van der Waals surface area contributed by atoms with Crippen LogP contribution in [0.25, 0.3) is 5.57 Å². The molecule has 0 N–H and O–H groups in total. The summed E-state index contributed by atoms with van der Waals surface area (Å²) >= 11 is 11.9. The summed E-state index contributed by atoms with van der Waals surface area (Å²) in [6, 6.07) is 4.15. The highest BCUT2D eigenvalue weighted by Crippen LogP contribution is 2.42. The molecule has 0 bridgehead atoms. The molecule has 0 unspecified atom stereocenters. The summed E-state index contributed by atoms with van der Waals surface area (Å²) < 4.78 is 15.6. The van der Waals surface area contributed by atoms with E-state index in [1.54, 1.807) is 14.2 Å². The molecule has 0 atom stereocenters. The van der Waals surface area contributed by atoms with Crippen molar-refractivity contribution in [3.8, 4) is 0 Å². The molecule has 1 aromatic rings. The second-order valence-electron chi connectivity index (χ2n) is 4.26. The Hall–Kier alpha value is 1.04. The molecule has 0 aromatic heterocycles. The number of methoxy groups -OCH3 is 2. The Labute approximate surface area is 162 Å². The summed E-state index contributed by atoms with van der Waals surface area (Å²) in [5, 5.41) is 0. The van der Waals surface area contributed by atoms with Crippen LogP contribution in [-0.4, -0.2) is 20.0 Å². The van der Waals surface area contributed by atoms with Gasteiger partial charge in [-0.15, -0.1) is 0 Å². The number of benzene rings is 1. The first-order valence-electron chi connectivity index (χ1n) is 5.77. The summed E-state index contributed by atoms with van der Waals surface area (Å²) in [5.41, 5.74) is 2.30. The molecule has 0 aliphatic heterocycles. The van der Waals surface area contributed by atoms with Gasteiger partial charge in [-0.25, -0.2) is 0 Å². The van der Waals surface area contributed by atoms with Gasteiger partial charge in [-0.3, -0.25) is 0 Å². The van der Waals surface area contributed by atoms with Crippen LogP contribution in [-0.2, 0) is 9.47 Å². The molecule has 20 heavy (non-hydrogen) atoms. The molecule has 2 rings (SSSR count). The zero-order valence-electron chi connectivity index (χ0n) is 10.8. The quantitative estimate of drug-likeness (QED) is 0.236. The average molecular weight is 626 g/mol. The fourth-order valence-electron chi connectivity index (χ4n) is 2.00. The van der Waals surface area contributed by atoms with Gasteiger partial charge in [0.2, 0.25) is 0 Å². The van der Waals surface area contributed by atoms with E-state index >= 15 is 0 Å². The summed E-state index contributed by atoms with van der Waals surface area (Å²) in [6.07, 6.45) is 4.93. The molecule has 0 fully saturated rings. The van der Waals surface area contributed by atoms with Gasteiger partial charge in [0.15, 0.2) is 5.79 Å². The molecule has 1 aliphatic rings. The molecule has 1 aliphatic carbocycles. The third-order valence-electron chi connectivity index (χ3n) is 3.20. The lowest BCUT2D eigenvalue weighted by atomic mass is 9.96. The Morgan fingerprint density at radius 2 is 1.80 bits per heavy atom. The highest BCUT2D eigenvalue weighted by molar-refractivity contribution is 14.1. The smallest absolute Gasteiger partial charge is 0.191 e. The molecule has 0 saturated heterocycles. The van der Waals surface area contributed by atoms with Gasteiger partial charge < -0.3 is 9.47 Å².